The van der Waals surface area contributed by atoms with E-state index in [1.165, 1.54) is 5.56 Å². The summed E-state index contributed by atoms with van der Waals surface area (Å²) in [5, 5.41) is 10.5. The lowest BCUT2D eigenvalue weighted by Gasteiger charge is -2.14. The molecule has 0 spiro atoms. The first-order valence-electron chi connectivity index (χ1n) is 7.01. The van der Waals surface area contributed by atoms with E-state index >= 15 is 0 Å². The maximum absolute atomic E-state index is 10.5. The van der Waals surface area contributed by atoms with Crippen molar-refractivity contribution in [2.45, 2.75) is 26.4 Å². The molecule has 0 saturated carbocycles. The van der Waals surface area contributed by atoms with Crippen molar-refractivity contribution in [2.24, 2.45) is 5.92 Å². The van der Waals surface area contributed by atoms with E-state index in [2.05, 4.69) is 26.0 Å². The average Bonchev–Trinajstić information content (AvgIpc) is 2.46. The van der Waals surface area contributed by atoms with Crippen molar-refractivity contribution in [1.29, 1.82) is 0 Å². The summed E-state index contributed by atoms with van der Waals surface area (Å²) in [4.78, 5) is 0. The van der Waals surface area contributed by atoms with Gasteiger partial charge in [0, 0.05) is 0 Å². The highest BCUT2D eigenvalue weighted by atomic mass is 16.5. The number of aliphatic hydroxyl groups is 1. The Morgan fingerprint density at radius 3 is 2.30 bits per heavy atom. The smallest absolute Gasteiger partial charge is 0.119 e. The fraction of sp³-hybridized carbons (Fsp3) is 0.333. The number of ether oxygens (including phenoxy) is 1. The molecule has 1 atom stereocenters. The molecule has 2 rings (SSSR count). The molecule has 0 aliphatic heterocycles. The van der Waals surface area contributed by atoms with E-state index in [4.69, 9.17) is 4.74 Å². The minimum atomic E-state index is -0.614. The highest BCUT2D eigenvalue weighted by Gasteiger charge is 2.12. The topological polar surface area (TPSA) is 29.5 Å². The van der Waals surface area contributed by atoms with Crippen molar-refractivity contribution >= 4 is 0 Å². The van der Waals surface area contributed by atoms with Crippen LogP contribution in [0.5, 0.6) is 5.75 Å². The molecule has 1 N–H and O–H groups in total. The van der Waals surface area contributed by atoms with Gasteiger partial charge in [-0.25, -0.2) is 0 Å². The van der Waals surface area contributed by atoms with Gasteiger partial charge in [-0.2, -0.15) is 0 Å². The third kappa shape index (κ3) is 3.61. The second-order valence-corrected chi connectivity index (χ2v) is 5.52. The van der Waals surface area contributed by atoms with Crippen LogP contribution < -0.4 is 4.74 Å². The zero-order valence-electron chi connectivity index (χ0n) is 12.3. The van der Waals surface area contributed by atoms with Gasteiger partial charge in [0.25, 0.3) is 0 Å². The summed E-state index contributed by atoms with van der Waals surface area (Å²) in [6, 6.07) is 15.7. The SMILES string of the molecule is COc1cccc(C(O)c2cccc(CC(C)C)c2)c1. The summed E-state index contributed by atoms with van der Waals surface area (Å²) in [6.45, 7) is 4.40. The zero-order chi connectivity index (χ0) is 14.5. The number of methoxy groups -OCH3 is 1. The van der Waals surface area contributed by atoms with Gasteiger partial charge >= 0.3 is 0 Å². The maximum Gasteiger partial charge on any atom is 0.119 e. The standard InChI is InChI=1S/C18H22O2/c1-13(2)10-14-6-4-7-15(11-14)18(19)16-8-5-9-17(12-16)20-3/h4-9,11-13,18-19H,10H2,1-3H3. The molecular weight excluding hydrogens is 248 g/mol. The highest BCUT2D eigenvalue weighted by Crippen LogP contribution is 2.26. The van der Waals surface area contributed by atoms with Crippen molar-refractivity contribution in [1.82, 2.24) is 0 Å². The number of hydrogen-bond donors (Lipinski definition) is 1. The summed E-state index contributed by atoms with van der Waals surface area (Å²) in [6.07, 6.45) is 0.413. The first-order valence-corrected chi connectivity index (χ1v) is 7.01. The third-order valence-corrected chi connectivity index (χ3v) is 3.32. The molecule has 0 heterocycles. The molecule has 0 fully saturated rings. The van der Waals surface area contributed by atoms with Gasteiger partial charge in [-0.05, 0) is 41.2 Å². The zero-order valence-corrected chi connectivity index (χ0v) is 12.3. The first-order chi connectivity index (χ1) is 9.60. The Morgan fingerprint density at radius 1 is 1.00 bits per heavy atom. The molecule has 2 nitrogen and oxygen atoms in total. The Morgan fingerprint density at radius 2 is 1.65 bits per heavy atom. The van der Waals surface area contributed by atoms with Crippen LogP contribution in [0.4, 0.5) is 0 Å². The maximum atomic E-state index is 10.5. The van der Waals surface area contributed by atoms with E-state index in [9.17, 15) is 5.11 Å². The average molecular weight is 270 g/mol. The van der Waals surface area contributed by atoms with Crippen LogP contribution in [-0.2, 0) is 6.42 Å². The van der Waals surface area contributed by atoms with Crippen LogP contribution in [0, 0.1) is 5.92 Å². The predicted molar refractivity (Wildman–Crippen MR) is 82.0 cm³/mol. The van der Waals surface area contributed by atoms with Crippen LogP contribution in [-0.4, -0.2) is 12.2 Å². The molecule has 0 aromatic heterocycles. The summed E-state index contributed by atoms with van der Waals surface area (Å²) in [7, 11) is 1.63. The van der Waals surface area contributed by atoms with Crippen molar-refractivity contribution in [3.63, 3.8) is 0 Å². The van der Waals surface area contributed by atoms with Gasteiger partial charge in [0.2, 0.25) is 0 Å². The van der Waals surface area contributed by atoms with Gasteiger partial charge in [0.15, 0.2) is 0 Å². The predicted octanol–water partition coefficient (Wildman–Crippen LogP) is 3.98. The van der Waals surface area contributed by atoms with Crippen molar-refractivity contribution in [3.8, 4) is 5.75 Å². The lowest BCUT2D eigenvalue weighted by Crippen LogP contribution is -2.02. The van der Waals surface area contributed by atoms with Gasteiger partial charge in [-0.1, -0.05) is 50.2 Å². The summed E-state index contributed by atoms with van der Waals surface area (Å²) in [5.41, 5.74) is 3.04. The Hall–Kier alpha value is -1.80. The van der Waals surface area contributed by atoms with Crippen LogP contribution in [0.15, 0.2) is 48.5 Å². The molecule has 0 radical (unpaired) electrons. The lowest BCUT2D eigenvalue weighted by atomic mass is 9.96. The first kappa shape index (κ1) is 14.6. The number of rotatable bonds is 5. The molecule has 106 valence electrons. The summed E-state index contributed by atoms with van der Waals surface area (Å²) < 4.78 is 5.21. The lowest BCUT2D eigenvalue weighted by molar-refractivity contribution is 0.219. The molecule has 2 aromatic carbocycles. The van der Waals surface area contributed by atoms with Gasteiger partial charge in [-0.3, -0.25) is 0 Å². The fourth-order valence-electron chi connectivity index (χ4n) is 2.37. The van der Waals surface area contributed by atoms with Gasteiger partial charge in [-0.15, -0.1) is 0 Å². The van der Waals surface area contributed by atoms with Gasteiger partial charge in [0.05, 0.1) is 7.11 Å². The van der Waals surface area contributed by atoms with Crippen molar-refractivity contribution < 1.29 is 9.84 Å². The van der Waals surface area contributed by atoms with Gasteiger partial charge in [0.1, 0.15) is 11.9 Å². The Kier molecular flexibility index (Phi) is 4.80. The van der Waals surface area contributed by atoms with Crippen molar-refractivity contribution in [2.75, 3.05) is 7.11 Å². The molecule has 1 unspecified atom stereocenters. The van der Waals surface area contributed by atoms with E-state index in [1.54, 1.807) is 7.11 Å². The molecule has 20 heavy (non-hydrogen) atoms. The van der Waals surface area contributed by atoms with Crippen LogP contribution in [0.3, 0.4) is 0 Å². The molecule has 2 aromatic rings. The fourth-order valence-corrected chi connectivity index (χ4v) is 2.37. The number of aliphatic hydroxyl groups excluding tert-OH is 1. The molecule has 0 aliphatic rings. The molecular formula is C18H22O2. The van der Waals surface area contributed by atoms with Gasteiger partial charge < -0.3 is 9.84 Å². The Bertz CT molecular complexity index is 561. The van der Waals surface area contributed by atoms with E-state index in [-0.39, 0.29) is 0 Å². The van der Waals surface area contributed by atoms with E-state index in [0.717, 1.165) is 23.3 Å². The van der Waals surface area contributed by atoms with E-state index in [0.29, 0.717) is 5.92 Å². The molecule has 2 heteroatoms. The quantitative estimate of drug-likeness (QED) is 0.890. The molecule has 0 saturated heterocycles. The molecule has 0 aliphatic carbocycles. The van der Waals surface area contributed by atoms with E-state index < -0.39 is 6.10 Å². The third-order valence-electron chi connectivity index (χ3n) is 3.32. The number of hydrogen-bond acceptors (Lipinski definition) is 2. The van der Waals surface area contributed by atoms with Crippen LogP contribution >= 0.6 is 0 Å². The second-order valence-electron chi connectivity index (χ2n) is 5.52. The molecule has 0 bridgehead atoms. The minimum absolute atomic E-state index is 0.610. The summed E-state index contributed by atoms with van der Waals surface area (Å²) >= 11 is 0. The number of benzene rings is 2. The molecule has 0 amide bonds. The monoisotopic (exact) mass is 270 g/mol. The van der Waals surface area contributed by atoms with Crippen LogP contribution in [0.1, 0.15) is 36.6 Å². The van der Waals surface area contributed by atoms with Crippen molar-refractivity contribution in [3.05, 3.63) is 65.2 Å². The minimum Gasteiger partial charge on any atom is -0.497 e. The van der Waals surface area contributed by atoms with E-state index in [1.807, 2.05) is 36.4 Å². The Balaban J connectivity index is 2.25. The van der Waals surface area contributed by atoms with Crippen LogP contribution in [0.2, 0.25) is 0 Å². The normalized spacial score (nSPS) is 12.4. The largest absolute Gasteiger partial charge is 0.497 e. The second kappa shape index (κ2) is 6.58. The summed E-state index contributed by atoms with van der Waals surface area (Å²) in [5.74, 6) is 1.37. The Labute approximate surface area is 121 Å². The highest BCUT2D eigenvalue weighted by molar-refractivity contribution is 5.36. The van der Waals surface area contributed by atoms with Crippen LogP contribution in [0.25, 0.3) is 0 Å².